The van der Waals surface area contributed by atoms with Crippen molar-refractivity contribution in [3.8, 4) is 5.75 Å². The van der Waals surface area contributed by atoms with Gasteiger partial charge in [-0.2, -0.15) is 0 Å². The van der Waals surface area contributed by atoms with E-state index < -0.39 is 17.7 Å². The van der Waals surface area contributed by atoms with E-state index in [1.54, 1.807) is 61.5 Å². The molecule has 2 heterocycles. The van der Waals surface area contributed by atoms with Crippen LogP contribution < -0.4 is 9.64 Å². The first kappa shape index (κ1) is 22.3. The molecule has 33 heavy (non-hydrogen) atoms. The Kier molecular flexibility index (Phi) is 6.58. The number of aliphatic hydroxyl groups excluding tert-OH is 1. The van der Waals surface area contributed by atoms with E-state index in [2.05, 4.69) is 12.1 Å². The standard InChI is InChI=1S/C26H26N2O5/c1-3-4-8-15-32-20-13-11-18(12-14-20)23-22(24(29)19-9-6-5-7-10-19)25(30)26(31)28(23)21-16-17(2)33-27-21/h5-7,9-14,16,23,29H,3-4,8,15H2,1-2H3/t23-/m1/s1. The number of carbonyl (C=O) groups excluding carboxylic acids is 2. The Morgan fingerprint density at radius 2 is 1.82 bits per heavy atom. The number of hydrogen-bond acceptors (Lipinski definition) is 6. The first-order valence-electron chi connectivity index (χ1n) is 11.0. The number of unbranched alkanes of at least 4 members (excludes halogenated alkanes) is 2. The fourth-order valence-corrected chi connectivity index (χ4v) is 3.89. The van der Waals surface area contributed by atoms with Crippen LogP contribution in [0.4, 0.5) is 5.82 Å². The van der Waals surface area contributed by atoms with Gasteiger partial charge < -0.3 is 14.4 Å². The quantitative estimate of drug-likeness (QED) is 0.222. The van der Waals surface area contributed by atoms with Gasteiger partial charge in [-0.25, -0.2) is 0 Å². The Hall–Kier alpha value is -3.87. The van der Waals surface area contributed by atoms with E-state index in [1.807, 2.05) is 6.07 Å². The molecule has 1 fully saturated rings. The normalized spacial score (nSPS) is 17.5. The molecule has 0 saturated carbocycles. The Morgan fingerprint density at radius 3 is 2.45 bits per heavy atom. The molecule has 1 aliphatic heterocycles. The highest BCUT2D eigenvalue weighted by molar-refractivity contribution is 6.51. The topological polar surface area (TPSA) is 92.9 Å². The zero-order chi connectivity index (χ0) is 23.4. The molecular weight excluding hydrogens is 420 g/mol. The van der Waals surface area contributed by atoms with Crippen LogP contribution in [0.25, 0.3) is 5.76 Å². The summed E-state index contributed by atoms with van der Waals surface area (Å²) in [4.78, 5) is 27.4. The average molecular weight is 447 g/mol. The third kappa shape index (κ3) is 4.53. The Morgan fingerprint density at radius 1 is 1.09 bits per heavy atom. The van der Waals surface area contributed by atoms with Crippen LogP contribution in [0.1, 0.15) is 49.1 Å². The maximum atomic E-state index is 13.1. The van der Waals surface area contributed by atoms with Crippen molar-refractivity contribution in [3.05, 3.63) is 83.1 Å². The van der Waals surface area contributed by atoms with Crippen LogP contribution in [0.2, 0.25) is 0 Å². The van der Waals surface area contributed by atoms with Crippen molar-refractivity contribution < 1.29 is 24.0 Å². The van der Waals surface area contributed by atoms with Gasteiger partial charge in [-0.3, -0.25) is 14.5 Å². The second-order valence-electron chi connectivity index (χ2n) is 7.96. The molecule has 0 radical (unpaired) electrons. The van der Waals surface area contributed by atoms with Gasteiger partial charge in [0.25, 0.3) is 5.78 Å². The van der Waals surface area contributed by atoms with E-state index in [4.69, 9.17) is 9.26 Å². The summed E-state index contributed by atoms with van der Waals surface area (Å²) in [6.45, 7) is 4.46. The summed E-state index contributed by atoms with van der Waals surface area (Å²) in [5.74, 6) is -0.364. The van der Waals surface area contributed by atoms with Crippen molar-refractivity contribution >= 4 is 23.3 Å². The summed E-state index contributed by atoms with van der Waals surface area (Å²) in [5.41, 5.74) is 1.10. The van der Waals surface area contributed by atoms with E-state index in [1.165, 1.54) is 4.90 Å². The first-order chi connectivity index (χ1) is 16.0. The zero-order valence-electron chi connectivity index (χ0n) is 18.7. The Labute approximate surface area is 192 Å². The number of aliphatic hydroxyl groups is 1. The number of ketones is 1. The van der Waals surface area contributed by atoms with Gasteiger partial charge in [-0.05, 0) is 31.0 Å². The van der Waals surface area contributed by atoms with Gasteiger partial charge in [0.2, 0.25) is 0 Å². The smallest absolute Gasteiger partial charge is 0.301 e. The van der Waals surface area contributed by atoms with Gasteiger partial charge in [0.05, 0.1) is 18.2 Å². The average Bonchev–Trinajstić information content (AvgIpc) is 3.38. The van der Waals surface area contributed by atoms with E-state index in [0.29, 0.717) is 29.2 Å². The molecule has 1 aliphatic rings. The number of ether oxygens (including phenoxy) is 1. The lowest BCUT2D eigenvalue weighted by Crippen LogP contribution is -2.29. The Bertz CT molecular complexity index is 1160. The highest BCUT2D eigenvalue weighted by Gasteiger charge is 2.48. The zero-order valence-corrected chi connectivity index (χ0v) is 18.7. The molecule has 7 nitrogen and oxygen atoms in total. The molecule has 4 rings (SSSR count). The number of carbonyl (C=O) groups is 2. The number of aromatic nitrogens is 1. The number of benzene rings is 2. The maximum Gasteiger partial charge on any atom is 0.301 e. The highest BCUT2D eigenvalue weighted by Crippen LogP contribution is 2.42. The molecule has 1 atom stereocenters. The summed E-state index contributed by atoms with van der Waals surface area (Å²) in [6, 6.07) is 16.6. The molecule has 1 amide bonds. The van der Waals surface area contributed by atoms with Crippen LogP contribution in [0.3, 0.4) is 0 Å². The summed E-state index contributed by atoms with van der Waals surface area (Å²) in [6.07, 6.45) is 3.19. The third-order valence-electron chi connectivity index (χ3n) is 5.57. The van der Waals surface area contributed by atoms with Crippen molar-refractivity contribution in [1.29, 1.82) is 0 Å². The predicted molar refractivity (Wildman–Crippen MR) is 124 cm³/mol. The molecule has 1 saturated heterocycles. The molecule has 0 aliphatic carbocycles. The molecule has 7 heteroatoms. The van der Waals surface area contributed by atoms with Crippen LogP contribution in [-0.4, -0.2) is 28.6 Å². The molecule has 0 bridgehead atoms. The first-order valence-corrected chi connectivity index (χ1v) is 11.0. The van der Waals surface area contributed by atoms with E-state index in [9.17, 15) is 14.7 Å². The lowest BCUT2D eigenvalue weighted by molar-refractivity contribution is -0.132. The lowest BCUT2D eigenvalue weighted by Gasteiger charge is -2.23. The number of hydrogen-bond donors (Lipinski definition) is 1. The molecule has 0 spiro atoms. The summed E-state index contributed by atoms with van der Waals surface area (Å²) < 4.78 is 10.9. The minimum absolute atomic E-state index is 0.00321. The third-order valence-corrected chi connectivity index (χ3v) is 5.57. The number of anilines is 1. The largest absolute Gasteiger partial charge is 0.507 e. The number of nitrogens with zero attached hydrogens (tertiary/aromatic N) is 2. The van der Waals surface area contributed by atoms with Crippen LogP contribution in [0, 0.1) is 6.92 Å². The SMILES string of the molecule is CCCCCOc1ccc([C@@H]2C(=C(O)c3ccccc3)C(=O)C(=O)N2c2cc(C)on2)cc1. The fourth-order valence-electron chi connectivity index (χ4n) is 3.89. The predicted octanol–water partition coefficient (Wildman–Crippen LogP) is 5.18. The van der Waals surface area contributed by atoms with Gasteiger partial charge in [-0.15, -0.1) is 0 Å². The van der Waals surface area contributed by atoms with E-state index in [0.717, 1.165) is 19.3 Å². The highest BCUT2D eigenvalue weighted by atomic mass is 16.5. The maximum absolute atomic E-state index is 13.1. The van der Waals surface area contributed by atoms with Crippen molar-refractivity contribution in [3.63, 3.8) is 0 Å². The van der Waals surface area contributed by atoms with Crippen molar-refractivity contribution in [2.24, 2.45) is 0 Å². The molecule has 3 aromatic rings. The second kappa shape index (κ2) is 9.73. The molecule has 0 unspecified atom stereocenters. The van der Waals surface area contributed by atoms with E-state index in [-0.39, 0.29) is 17.2 Å². The minimum atomic E-state index is -0.858. The van der Waals surface area contributed by atoms with Gasteiger partial charge in [-0.1, -0.05) is 67.4 Å². The second-order valence-corrected chi connectivity index (χ2v) is 7.96. The van der Waals surface area contributed by atoms with Gasteiger partial charge in [0.1, 0.15) is 17.3 Å². The van der Waals surface area contributed by atoms with Crippen LogP contribution >= 0.6 is 0 Å². The molecule has 170 valence electrons. The van der Waals surface area contributed by atoms with Gasteiger partial charge >= 0.3 is 5.91 Å². The summed E-state index contributed by atoms with van der Waals surface area (Å²) in [7, 11) is 0. The fraction of sp³-hybridized carbons (Fsp3) is 0.269. The van der Waals surface area contributed by atoms with Crippen LogP contribution in [-0.2, 0) is 9.59 Å². The molecule has 1 aromatic heterocycles. The number of amides is 1. The van der Waals surface area contributed by atoms with Crippen LogP contribution in [0.5, 0.6) is 5.75 Å². The molecular formula is C26H26N2O5. The van der Waals surface area contributed by atoms with Crippen molar-refractivity contribution in [2.75, 3.05) is 11.5 Å². The van der Waals surface area contributed by atoms with Crippen molar-refractivity contribution in [2.45, 2.75) is 39.2 Å². The van der Waals surface area contributed by atoms with E-state index >= 15 is 0 Å². The van der Waals surface area contributed by atoms with Gasteiger partial charge in [0, 0.05) is 11.6 Å². The summed E-state index contributed by atoms with van der Waals surface area (Å²) in [5, 5.41) is 15.0. The van der Waals surface area contributed by atoms with Crippen LogP contribution in [0.15, 0.2) is 70.8 Å². The molecule has 2 aromatic carbocycles. The molecule has 1 N–H and O–H groups in total. The number of aryl methyl sites for hydroxylation is 1. The minimum Gasteiger partial charge on any atom is -0.507 e. The van der Waals surface area contributed by atoms with Crippen molar-refractivity contribution in [1.82, 2.24) is 5.16 Å². The Balaban J connectivity index is 1.75. The number of Topliss-reactive ketones (excluding diaryl/α,β-unsaturated/α-hetero) is 1. The summed E-state index contributed by atoms with van der Waals surface area (Å²) >= 11 is 0. The van der Waals surface area contributed by atoms with Gasteiger partial charge in [0.15, 0.2) is 5.82 Å². The monoisotopic (exact) mass is 446 g/mol. The lowest BCUT2D eigenvalue weighted by atomic mass is 9.95. The number of rotatable bonds is 8.